The molecule has 24 heavy (non-hydrogen) atoms. The van der Waals surface area contributed by atoms with Gasteiger partial charge in [-0.15, -0.1) is 0 Å². The van der Waals surface area contributed by atoms with Crippen LogP contribution in [0.15, 0.2) is 24.3 Å². The lowest BCUT2D eigenvalue weighted by Gasteiger charge is -2.27. The van der Waals surface area contributed by atoms with Crippen LogP contribution in [0.2, 0.25) is 0 Å². The molecule has 1 aromatic carbocycles. The van der Waals surface area contributed by atoms with E-state index in [1.165, 1.54) is 4.90 Å². The Balaban J connectivity index is 2.08. The van der Waals surface area contributed by atoms with Gasteiger partial charge in [0.15, 0.2) is 0 Å². The molecule has 0 aromatic heterocycles. The third kappa shape index (κ3) is 3.97. The molecule has 1 aliphatic rings. The molecule has 2 rings (SSSR count). The number of nitrogens with one attached hydrogen (secondary N) is 1. The molecule has 6 nitrogen and oxygen atoms in total. The van der Waals surface area contributed by atoms with E-state index in [4.69, 9.17) is 0 Å². The highest BCUT2D eigenvalue weighted by Crippen LogP contribution is 2.21. The van der Waals surface area contributed by atoms with Gasteiger partial charge in [-0.3, -0.25) is 9.59 Å². The Morgan fingerprint density at radius 3 is 2.54 bits per heavy atom. The summed E-state index contributed by atoms with van der Waals surface area (Å²) in [5, 5.41) is 21.5. The molecule has 0 saturated carbocycles. The number of carbonyl (C=O) groups is 2. The molecule has 130 valence electrons. The summed E-state index contributed by atoms with van der Waals surface area (Å²) in [4.78, 5) is 26.5. The van der Waals surface area contributed by atoms with Gasteiger partial charge < -0.3 is 20.3 Å². The number of carbonyl (C=O) groups excluding carboxylic acids is 2. The largest absolute Gasteiger partial charge is 0.475 e. The average molecular weight is 332 g/mol. The topological polar surface area (TPSA) is 89.9 Å². The predicted molar refractivity (Wildman–Crippen MR) is 92.4 cm³/mol. The van der Waals surface area contributed by atoms with E-state index >= 15 is 0 Å². The lowest BCUT2D eigenvalue weighted by Crippen LogP contribution is -2.52. The number of benzene rings is 1. The first-order valence-electron chi connectivity index (χ1n) is 8.39. The minimum atomic E-state index is -1.55. The highest BCUT2D eigenvalue weighted by molar-refractivity contribution is 6.43. The number of likely N-dealkylation sites (tertiary alicyclic amines) is 1. The van der Waals surface area contributed by atoms with E-state index in [-0.39, 0.29) is 17.7 Å². The minimum absolute atomic E-state index is 0.199. The fourth-order valence-electron chi connectivity index (χ4n) is 3.17. The van der Waals surface area contributed by atoms with Crippen LogP contribution in [-0.4, -0.2) is 52.4 Å². The fraction of sp³-hybridized carbons (Fsp3) is 0.529. The second-order valence-corrected chi connectivity index (χ2v) is 6.59. The van der Waals surface area contributed by atoms with Crippen molar-refractivity contribution >= 4 is 18.9 Å². The zero-order valence-electron chi connectivity index (χ0n) is 14.4. The zero-order valence-corrected chi connectivity index (χ0v) is 14.4. The Kier molecular flexibility index (Phi) is 6.02. The second-order valence-electron chi connectivity index (χ2n) is 6.59. The zero-order chi connectivity index (χ0) is 17.9. The number of hydrogen-bond acceptors (Lipinski definition) is 4. The molecule has 1 aliphatic heterocycles. The van der Waals surface area contributed by atoms with E-state index < -0.39 is 19.1 Å². The number of amides is 2. The van der Waals surface area contributed by atoms with Gasteiger partial charge in [-0.05, 0) is 37.3 Å². The average Bonchev–Trinajstić information content (AvgIpc) is 3.03. The maximum atomic E-state index is 12.5. The van der Waals surface area contributed by atoms with Crippen molar-refractivity contribution in [3.8, 4) is 0 Å². The fourth-order valence-corrected chi connectivity index (χ4v) is 3.17. The van der Waals surface area contributed by atoms with Gasteiger partial charge in [-0.1, -0.05) is 32.0 Å². The molecule has 0 radical (unpaired) electrons. The molecule has 3 N–H and O–H groups in total. The summed E-state index contributed by atoms with van der Waals surface area (Å²) in [6, 6.07) is 6.62. The van der Waals surface area contributed by atoms with Gasteiger partial charge in [0.1, 0.15) is 6.04 Å². The van der Waals surface area contributed by atoms with Gasteiger partial charge in [0.05, 0.1) is 5.94 Å². The first-order chi connectivity index (χ1) is 11.3. The van der Waals surface area contributed by atoms with Crippen molar-refractivity contribution in [2.24, 2.45) is 0 Å². The first kappa shape index (κ1) is 18.5. The van der Waals surface area contributed by atoms with E-state index in [1.54, 1.807) is 19.1 Å². The van der Waals surface area contributed by atoms with Gasteiger partial charge in [0.2, 0.25) is 5.91 Å². The van der Waals surface area contributed by atoms with E-state index in [2.05, 4.69) is 5.32 Å². The van der Waals surface area contributed by atoms with Crippen molar-refractivity contribution in [3.05, 3.63) is 35.4 Å². The molecular formula is C17H25BN2O4. The maximum Gasteiger partial charge on any atom is 0.475 e. The van der Waals surface area contributed by atoms with Crippen molar-refractivity contribution in [3.63, 3.8) is 0 Å². The van der Waals surface area contributed by atoms with E-state index in [0.717, 1.165) is 12.0 Å². The lowest BCUT2D eigenvalue weighted by atomic mass is 9.78. The molecule has 7 heteroatoms. The third-order valence-corrected chi connectivity index (χ3v) is 4.47. The lowest BCUT2D eigenvalue weighted by molar-refractivity contribution is -0.132. The molecule has 1 heterocycles. The Labute approximate surface area is 143 Å². The standard InChI is InChI=1S/C17H25BN2O4/c1-11(2)13-7-4-5-8-14(13)16(21)19-12(3)17(22)20-10-6-9-15(20)18(23)24/h4-5,7-8,11-12,15,23-24H,6,9-10H2,1-3H3,(H,19,21). The monoisotopic (exact) mass is 332 g/mol. The smallest absolute Gasteiger partial charge is 0.426 e. The molecule has 2 unspecified atom stereocenters. The summed E-state index contributed by atoms with van der Waals surface area (Å²) in [6.07, 6.45) is 1.28. The van der Waals surface area contributed by atoms with Crippen LogP contribution in [-0.2, 0) is 4.79 Å². The normalized spacial score (nSPS) is 18.6. The van der Waals surface area contributed by atoms with Gasteiger partial charge in [0, 0.05) is 12.1 Å². The maximum absolute atomic E-state index is 12.5. The van der Waals surface area contributed by atoms with Crippen molar-refractivity contribution in [2.75, 3.05) is 6.54 Å². The van der Waals surface area contributed by atoms with Crippen molar-refractivity contribution in [1.29, 1.82) is 0 Å². The van der Waals surface area contributed by atoms with Crippen LogP contribution in [0.3, 0.4) is 0 Å². The molecule has 0 spiro atoms. The molecule has 1 fully saturated rings. The summed E-state index contributed by atoms with van der Waals surface area (Å²) in [6.45, 7) is 6.12. The molecular weight excluding hydrogens is 307 g/mol. The number of hydrogen-bond donors (Lipinski definition) is 3. The highest BCUT2D eigenvalue weighted by atomic mass is 16.4. The van der Waals surface area contributed by atoms with Gasteiger partial charge in [0.25, 0.3) is 5.91 Å². The van der Waals surface area contributed by atoms with Crippen LogP contribution in [0.25, 0.3) is 0 Å². The summed E-state index contributed by atoms with van der Waals surface area (Å²) < 4.78 is 0. The molecule has 0 bridgehead atoms. The molecule has 2 atom stereocenters. The van der Waals surface area contributed by atoms with Gasteiger partial charge in [-0.2, -0.15) is 0 Å². The quantitative estimate of drug-likeness (QED) is 0.700. The van der Waals surface area contributed by atoms with Gasteiger partial charge >= 0.3 is 7.12 Å². The van der Waals surface area contributed by atoms with Crippen molar-refractivity contribution in [2.45, 2.75) is 51.5 Å². The Morgan fingerprint density at radius 1 is 1.25 bits per heavy atom. The van der Waals surface area contributed by atoms with Crippen LogP contribution >= 0.6 is 0 Å². The van der Waals surface area contributed by atoms with E-state index in [1.807, 2.05) is 26.0 Å². The number of rotatable bonds is 5. The summed E-state index contributed by atoms with van der Waals surface area (Å²) >= 11 is 0. The highest BCUT2D eigenvalue weighted by Gasteiger charge is 2.38. The van der Waals surface area contributed by atoms with Gasteiger partial charge in [-0.25, -0.2) is 0 Å². The van der Waals surface area contributed by atoms with Crippen LogP contribution in [0.4, 0.5) is 0 Å². The van der Waals surface area contributed by atoms with Crippen LogP contribution in [0.1, 0.15) is 55.5 Å². The second kappa shape index (κ2) is 7.81. The van der Waals surface area contributed by atoms with Crippen LogP contribution < -0.4 is 5.32 Å². The molecule has 0 aliphatic carbocycles. The van der Waals surface area contributed by atoms with E-state index in [9.17, 15) is 19.6 Å². The molecule has 1 aromatic rings. The minimum Gasteiger partial charge on any atom is -0.426 e. The summed E-state index contributed by atoms with van der Waals surface area (Å²) in [5.74, 6) is -0.980. The number of nitrogens with zero attached hydrogens (tertiary/aromatic N) is 1. The summed E-state index contributed by atoms with van der Waals surface area (Å²) in [7, 11) is -1.55. The third-order valence-electron chi connectivity index (χ3n) is 4.47. The Bertz CT molecular complexity index is 606. The molecule has 2 amide bonds. The predicted octanol–water partition coefficient (Wildman–Crippen LogP) is 0.931. The molecule has 1 saturated heterocycles. The van der Waals surface area contributed by atoms with Crippen LogP contribution in [0.5, 0.6) is 0 Å². The van der Waals surface area contributed by atoms with Crippen molar-refractivity contribution < 1.29 is 19.6 Å². The van der Waals surface area contributed by atoms with E-state index in [0.29, 0.717) is 18.5 Å². The Morgan fingerprint density at radius 2 is 1.92 bits per heavy atom. The SMILES string of the molecule is CC(NC(=O)c1ccccc1C(C)C)C(=O)N1CCCC1B(O)O. The summed E-state index contributed by atoms with van der Waals surface area (Å²) in [5.41, 5.74) is 1.49. The Hall–Kier alpha value is -1.86. The first-order valence-corrected chi connectivity index (χ1v) is 8.39. The van der Waals surface area contributed by atoms with Crippen LogP contribution in [0, 0.1) is 0 Å². The van der Waals surface area contributed by atoms with Crippen molar-refractivity contribution in [1.82, 2.24) is 10.2 Å².